The molecule has 0 N–H and O–H groups in total. The Morgan fingerprint density at radius 2 is 1.52 bits per heavy atom. The fourth-order valence-corrected chi connectivity index (χ4v) is 2.35. The lowest BCUT2D eigenvalue weighted by molar-refractivity contribution is 0.886. The summed E-state index contributed by atoms with van der Waals surface area (Å²) in [5, 5.41) is 2.62. The van der Waals surface area contributed by atoms with Crippen LogP contribution in [0.3, 0.4) is 0 Å². The third-order valence-corrected chi connectivity index (χ3v) is 3.49. The molecule has 0 saturated carbocycles. The molecule has 126 valence electrons. The van der Waals surface area contributed by atoms with Crippen LogP contribution in [0.4, 0.5) is 0 Å². The van der Waals surface area contributed by atoms with Gasteiger partial charge < -0.3 is 0 Å². The van der Waals surface area contributed by atoms with Crippen molar-refractivity contribution in [2.24, 2.45) is 0 Å². The smallest absolute Gasteiger partial charge is 0.0106 e. The lowest BCUT2D eigenvalue weighted by Crippen LogP contribution is -1.89. The molecule has 0 nitrogen and oxygen atoms in total. The van der Waals surface area contributed by atoms with Crippen molar-refractivity contribution >= 4 is 16.3 Å². The number of aryl methyl sites for hydroxylation is 1. The van der Waals surface area contributed by atoms with E-state index in [0.717, 1.165) is 5.57 Å². The SMILES string of the molecule is C=C(C)/C=C(\C)c1c(C)ccc2ccccc12.CC.CCCC. The molecule has 0 radical (unpaired) electrons. The molecule has 0 fully saturated rings. The van der Waals surface area contributed by atoms with Crippen molar-refractivity contribution in [1.29, 1.82) is 0 Å². The molecule has 23 heavy (non-hydrogen) atoms. The molecule has 0 aliphatic carbocycles. The van der Waals surface area contributed by atoms with Gasteiger partial charge in [-0.1, -0.05) is 95.2 Å². The molecule has 0 aliphatic heterocycles. The lowest BCUT2D eigenvalue weighted by Gasteiger charge is -2.11. The molecular formula is C23H34. The van der Waals surface area contributed by atoms with Crippen molar-refractivity contribution in [2.75, 3.05) is 0 Å². The van der Waals surface area contributed by atoms with Gasteiger partial charge in [0.15, 0.2) is 0 Å². The summed E-state index contributed by atoms with van der Waals surface area (Å²) in [6.45, 7) is 18.7. The van der Waals surface area contributed by atoms with Gasteiger partial charge in [0.25, 0.3) is 0 Å². The molecule has 2 aromatic carbocycles. The molecule has 0 aliphatic rings. The fraction of sp³-hybridized carbons (Fsp3) is 0.391. The quantitative estimate of drug-likeness (QED) is 0.504. The predicted molar refractivity (Wildman–Crippen MR) is 109 cm³/mol. The van der Waals surface area contributed by atoms with Crippen LogP contribution in [-0.2, 0) is 0 Å². The Hall–Kier alpha value is -1.82. The molecule has 0 saturated heterocycles. The first-order chi connectivity index (χ1) is 11.0. The summed E-state index contributed by atoms with van der Waals surface area (Å²) >= 11 is 0. The second-order valence-corrected chi connectivity index (χ2v) is 5.65. The Bertz CT molecular complexity index is 628. The van der Waals surface area contributed by atoms with Crippen molar-refractivity contribution in [3.05, 3.63) is 65.8 Å². The fourth-order valence-electron chi connectivity index (χ4n) is 2.35. The maximum absolute atomic E-state index is 3.95. The molecule has 0 amide bonds. The number of fused-ring (bicyclic) bond motifs is 1. The summed E-state index contributed by atoms with van der Waals surface area (Å²) in [5.41, 5.74) is 5.03. The van der Waals surface area contributed by atoms with Crippen LogP contribution in [0.15, 0.2) is 54.6 Å². The van der Waals surface area contributed by atoms with Gasteiger partial charge in [0.05, 0.1) is 0 Å². The van der Waals surface area contributed by atoms with E-state index in [1.807, 2.05) is 20.8 Å². The molecule has 0 bridgehead atoms. The zero-order valence-electron chi connectivity index (χ0n) is 16.2. The molecular weight excluding hydrogens is 276 g/mol. The van der Waals surface area contributed by atoms with Gasteiger partial charge in [0.1, 0.15) is 0 Å². The Morgan fingerprint density at radius 3 is 2.04 bits per heavy atom. The van der Waals surface area contributed by atoms with Crippen molar-refractivity contribution < 1.29 is 0 Å². The predicted octanol–water partition coefficient (Wildman–Crippen LogP) is 7.96. The molecule has 0 spiro atoms. The zero-order chi connectivity index (χ0) is 17.8. The van der Waals surface area contributed by atoms with E-state index in [-0.39, 0.29) is 0 Å². The summed E-state index contributed by atoms with van der Waals surface area (Å²) in [5.74, 6) is 0. The van der Waals surface area contributed by atoms with Gasteiger partial charge in [-0.15, -0.1) is 0 Å². The number of benzene rings is 2. The molecule has 2 aromatic rings. The van der Waals surface area contributed by atoms with Gasteiger partial charge in [-0.25, -0.2) is 0 Å². The lowest BCUT2D eigenvalue weighted by atomic mass is 9.94. The van der Waals surface area contributed by atoms with E-state index in [4.69, 9.17) is 0 Å². The average molecular weight is 311 g/mol. The van der Waals surface area contributed by atoms with Gasteiger partial charge in [-0.05, 0) is 48.2 Å². The van der Waals surface area contributed by atoms with E-state index >= 15 is 0 Å². The van der Waals surface area contributed by atoms with Crippen LogP contribution in [0, 0.1) is 6.92 Å². The van der Waals surface area contributed by atoms with E-state index in [2.05, 4.69) is 76.7 Å². The first-order valence-corrected chi connectivity index (χ1v) is 8.83. The summed E-state index contributed by atoms with van der Waals surface area (Å²) in [7, 11) is 0. The van der Waals surface area contributed by atoms with E-state index < -0.39 is 0 Å². The molecule has 0 heteroatoms. The highest BCUT2D eigenvalue weighted by molar-refractivity contribution is 5.95. The van der Waals surface area contributed by atoms with E-state index in [9.17, 15) is 0 Å². The van der Waals surface area contributed by atoms with Crippen LogP contribution >= 0.6 is 0 Å². The first kappa shape index (κ1) is 21.2. The maximum atomic E-state index is 3.95. The summed E-state index contributed by atoms with van der Waals surface area (Å²) in [4.78, 5) is 0. The normalized spacial score (nSPS) is 10.3. The first-order valence-electron chi connectivity index (χ1n) is 8.83. The minimum atomic E-state index is 1.09. The average Bonchev–Trinajstić information content (AvgIpc) is 2.56. The van der Waals surface area contributed by atoms with Crippen LogP contribution < -0.4 is 0 Å². The molecule has 0 atom stereocenters. The van der Waals surface area contributed by atoms with Crippen LogP contribution in [-0.4, -0.2) is 0 Å². The van der Waals surface area contributed by atoms with Crippen molar-refractivity contribution in [3.63, 3.8) is 0 Å². The highest BCUT2D eigenvalue weighted by Crippen LogP contribution is 2.28. The third kappa shape index (κ3) is 6.86. The van der Waals surface area contributed by atoms with E-state index in [1.54, 1.807) is 0 Å². The Kier molecular flexibility index (Phi) is 10.8. The minimum Gasteiger partial charge on any atom is -0.0961 e. The standard InChI is InChI=1S/C17H18.C4H10.C2H6/c1-12(2)11-14(4)17-13(3)9-10-15-7-5-6-8-16(15)17;1-3-4-2;1-2/h5-11H,1H2,2-4H3;3-4H2,1-2H3;1-2H3/b14-11+;;. The topological polar surface area (TPSA) is 0 Å². The van der Waals surface area contributed by atoms with E-state index in [1.165, 1.54) is 40.3 Å². The summed E-state index contributed by atoms with van der Waals surface area (Å²) < 4.78 is 0. The number of rotatable bonds is 3. The largest absolute Gasteiger partial charge is 0.0961 e. The van der Waals surface area contributed by atoms with Gasteiger partial charge >= 0.3 is 0 Å². The van der Waals surface area contributed by atoms with Crippen molar-refractivity contribution in [3.8, 4) is 0 Å². The number of allylic oxidation sites excluding steroid dienone is 3. The Balaban J connectivity index is 0.000000705. The number of unbranched alkanes of at least 4 members (excludes halogenated alkanes) is 1. The third-order valence-electron chi connectivity index (χ3n) is 3.49. The van der Waals surface area contributed by atoms with Crippen molar-refractivity contribution in [1.82, 2.24) is 0 Å². The molecule has 2 rings (SSSR count). The summed E-state index contributed by atoms with van der Waals surface area (Å²) in [6.07, 6.45) is 4.79. The van der Waals surface area contributed by atoms with Gasteiger partial charge in [-0.3, -0.25) is 0 Å². The highest BCUT2D eigenvalue weighted by Gasteiger charge is 2.05. The monoisotopic (exact) mass is 310 g/mol. The molecule has 0 unspecified atom stereocenters. The maximum Gasteiger partial charge on any atom is -0.0106 e. The van der Waals surface area contributed by atoms with Crippen LogP contribution in [0.2, 0.25) is 0 Å². The number of hydrogen-bond acceptors (Lipinski definition) is 0. The van der Waals surface area contributed by atoms with Gasteiger partial charge in [0, 0.05) is 0 Å². The second-order valence-electron chi connectivity index (χ2n) is 5.65. The minimum absolute atomic E-state index is 1.09. The zero-order valence-corrected chi connectivity index (χ0v) is 16.2. The van der Waals surface area contributed by atoms with E-state index in [0.29, 0.717) is 0 Å². The second kappa shape index (κ2) is 11.7. The van der Waals surface area contributed by atoms with Gasteiger partial charge in [0.2, 0.25) is 0 Å². The van der Waals surface area contributed by atoms with Crippen molar-refractivity contribution in [2.45, 2.75) is 61.3 Å². The number of hydrogen-bond donors (Lipinski definition) is 0. The highest BCUT2D eigenvalue weighted by atomic mass is 14.1. The Labute approximate surface area is 143 Å². The molecule has 0 heterocycles. The van der Waals surface area contributed by atoms with Crippen LogP contribution in [0.5, 0.6) is 0 Å². The van der Waals surface area contributed by atoms with Crippen LogP contribution in [0.25, 0.3) is 16.3 Å². The summed E-state index contributed by atoms with van der Waals surface area (Å²) in [6, 6.07) is 12.9. The van der Waals surface area contributed by atoms with Crippen LogP contribution in [0.1, 0.15) is 65.5 Å². The molecule has 0 aromatic heterocycles. The van der Waals surface area contributed by atoms with Gasteiger partial charge in [-0.2, -0.15) is 0 Å². The Morgan fingerprint density at radius 1 is 0.957 bits per heavy atom.